The van der Waals surface area contributed by atoms with E-state index < -0.39 is 11.6 Å². The van der Waals surface area contributed by atoms with Gasteiger partial charge in [-0.05, 0) is 30.5 Å². The predicted molar refractivity (Wildman–Crippen MR) is 89.6 cm³/mol. The first-order valence-electron chi connectivity index (χ1n) is 8.91. The van der Waals surface area contributed by atoms with Gasteiger partial charge in [0.15, 0.2) is 11.6 Å². The minimum Gasteiger partial charge on any atom is -0.341 e. The molecule has 0 radical (unpaired) electrons. The second-order valence-corrected chi connectivity index (χ2v) is 7.07. The molecule has 1 aromatic carbocycles. The van der Waals surface area contributed by atoms with E-state index in [2.05, 4.69) is 0 Å². The Labute approximate surface area is 150 Å². The molecule has 3 rings (SSSR count). The summed E-state index contributed by atoms with van der Waals surface area (Å²) >= 11 is 0. The van der Waals surface area contributed by atoms with Gasteiger partial charge >= 0.3 is 0 Å². The summed E-state index contributed by atoms with van der Waals surface area (Å²) in [6.45, 7) is 0.203. The van der Waals surface area contributed by atoms with Gasteiger partial charge in [-0.25, -0.2) is 8.78 Å². The van der Waals surface area contributed by atoms with Crippen molar-refractivity contribution in [3.05, 3.63) is 35.4 Å². The number of carbonyl (C=O) groups excluding carboxylic acids is 3. The van der Waals surface area contributed by atoms with Crippen molar-refractivity contribution in [2.75, 3.05) is 13.6 Å². The molecule has 26 heavy (non-hydrogen) atoms. The first-order chi connectivity index (χ1) is 12.4. The number of hydrogen-bond acceptors (Lipinski definition) is 3. The molecule has 2 unspecified atom stereocenters. The van der Waals surface area contributed by atoms with E-state index in [1.54, 1.807) is 7.05 Å². The summed E-state index contributed by atoms with van der Waals surface area (Å²) in [6, 6.07) is 3.49. The van der Waals surface area contributed by atoms with Crippen molar-refractivity contribution < 1.29 is 23.2 Å². The van der Waals surface area contributed by atoms with E-state index in [1.807, 2.05) is 0 Å². The van der Waals surface area contributed by atoms with Crippen LogP contribution in [0.3, 0.4) is 0 Å². The van der Waals surface area contributed by atoms with Gasteiger partial charge in [0.25, 0.3) is 0 Å². The molecule has 3 amide bonds. The van der Waals surface area contributed by atoms with Crippen LogP contribution in [-0.4, -0.2) is 41.1 Å². The van der Waals surface area contributed by atoms with Crippen molar-refractivity contribution >= 4 is 17.7 Å². The molecule has 1 aromatic rings. The zero-order valence-corrected chi connectivity index (χ0v) is 14.7. The molecule has 0 N–H and O–H groups in total. The summed E-state index contributed by atoms with van der Waals surface area (Å²) in [4.78, 5) is 39.7. The Kier molecular flexibility index (Phi) is 5.34. The molecule has 2 fully saturated rings. The van der Waals surface area contributed by atoms with Crippen molar-refractivity contribution in [1.29, 1.82) is 0 Å². The maximum absolute atomic E-state index is 13.3. The number of likely N-dealkylation sites (tertiary alicyclic amines) is 1. The molecule has 1 aliphatic carbocycles. The largest absolute Gasteiger partial charge is 0.341 e. The number of hydrogen-bond donors (Lipinski definition) is 0. The number of halogens is 2. The van der Waals surface area contributed by atoms with Gasteiger partial charge in [-0.15, -0.1) is 0 Å². The minimum atomic E-state index is -0.959. The fraction of sp³-hybridized carbons (Fsp3) is 0.526. The monoisotopic (exact) mass is 364 g/mol. The van der Waals surface area contributed by atoms with Gasteiger partial charge in [0.05, 0.1) is 11.8 Å². The van der Waals surface area contributed by atoms with E-state index in [-0.39, 0.29) is 49.1 Å². The Balaban J connectivity index is 1.55. The third-order valence-corrected chi connectivity index (χ3v) is 5.31. The second kappa shape index (κ2) is 7.51. The minimum absolute atomic E-state index is 0.0249. The van der Waals surface area contributed by atoms with Gasteiger partial charge < -0.3 is 4.90 Å². The van der Waals surface area contributed by atoms with Crippen molar-refractivity contribution in [1.82, 2.24) is 9.80 Å². The highest BCUT2D eigenvalue weighted by Gasteiger charge is 2.47. The van der Waals surface area contributed by atoms with Crippen LogP contribution < -0.4 is 0 Å². The van der Waals surface area contributed by atoms with Gasteiger partial charge in [-0.1, -0.05) is 18.9 Å². The van der Waals surface area contributed by atoms with Crippen molar-refractivity contribution in [2.24, 2.45) is 11.8 Å². The van der Waals surface area contributed by atoms with E-state index in [4.69, 9.17) is 0 Å². The van der Waals surface area contributed by atoms with E-state index in [1.165, 1.54) is 15.9 Å². The zero-order chi connectivity index (χ0) is 18.8. The van der Waals surface area contributed by atoms with Gasteiger partial charge in [-0.3, -0.25) is 19.3 Å². The average molecular weight is 364 g/mol. The highest BCUT2D eigenvalue weighted by Crippen LogP contribution is 2.37. The van der Waals surface area contributed by atoms with Crippen LogP contribution in [0, 0.1) is 23.5 Å². The molecular formula is C19H22F2N2O3. The lowest BCUT2D eigenvalue weighted by atomic mass is 9.81. The van der Waals surface area contributed by atoms with E-state index >= 15 is 0 Å². The molecule has 0 aromatic heterocycles. The van der Waals surface area contributed by atoms with Crippen LogP contribution in [0.15, 0.2) is 18.2 Å². The van der Waals surface area contributed by atoms with E-state index in [9.17, 15) is 23.2 Å². The molecule has 2 atom stereocenters. The Morgan fingerprint density at radius 3 is 2.31 bits per heavy atom. The molecule has 2 aliphatic rings. The topological polar surface area (TPSA) is 57.7 Å². The molecule has 1 aliphatic heterocycles. The van der Waals surface area contributed by atoms with Gasteiger partial charge in [-0.2, -0.15) is 0 Å². The van der Waals surface area contributed by atoms with E-state index in [0.717, 1.165) is 37.8 Å². The van der Waals surface area contributed by atoms with Crippen molar-refractivity contribution in [2.45, 2.75) is 38.6 Å². The third kappa shape index (κ3) is 3.61. The molecular weight excluding hydrogens is 342 g/mol. The highest BCUT2D eigenvalue weighted by molar-refractivity contribution is 6.05. The number of nitrogens with zero attached hydrogens (tertiary/aromatic N) is 2. The maximum Gasteiger partial charge on any atom is 0.233 e. The quantitative estimate of drug-likeness (QED) is 0.755. The number of benzene rings is 1. The summed E-state index contributed by atoms with van der Waals surface area (Å²) in [5.41, 5.74) is 0.471. The molecule has 140 valence electrons. The van der Waals surface area contributed by atoms with Gasteiger partial charge in [0.1, 0.15) is 0 Å². The van der Waals surface area contributed by atoms with Gasteiger partial charge in [0, 0.05) is 26.6 Å². The highest BCUT2D eigenvalue weighted by atomic mass is 19.2. The van der Waals surface area contributed by atoms with E-state index in [0.29, 0.717) is 5.56 Å². The summed E-state index contributed by atoms with van der Waals surface area (Å²) in [5.74, 6) is -2.90. The Morgan fingerprint density at radius 1 is 1.12 bits per heavy atom. The summed E-state index contributed by atoms with van der Waals surface area (Å²) < 4.78 is 26.2. The van der Waals surface area contributed by atoms with Crippen LogP contribution in [-0.2, 0) is 20.9 Å². The van der Waals surface area contributed by atoms with Crippen LogP contribution >= 0.6 is 0 Å². The number of imide groups is 1. The first kappa shape index (κ1) is 18.5. The van der Waals surface area contributed by atoms with Crippen LogP contribution in [0.5, 0.6) is 0 Å². The summed E-state index contributed by atoms with van der Waals surface area (Å²) in [5, 5.41) is 0. The zero-order valence-electron chi connectivity index (χ0n) is 14.7. The Morgan fingerprint density at radius 2 is 1.73 bits per heavy atom. The second-order valence-electron chi connectivity index (χ2n) is 7.07. The van der Waals surface area contributed by atoms with Crippen LogP contribution in [0.2, 0.25) is 0 Å². The van der Waals surface area contributed by atoms with Gasteiger partial charge in [0.2, 0.25) is 17.7 Å². The van der Waals surface area contributed by atoms with Crippen LogP contribution in [0.1, 0.15) is 37.7 Å². The number of rotatable bonds is 5. The van der Waals surface area contributed by atoms with Crippen LogP contribution in [0.4, 0.5) is 8.78 Å². The standard InChI is InChI=1S/C19H22F2N2O3/c1-22(11-12-6-7-15(20)16(21)10-12)17(24)8-9-23-18(25)13-4-2-3-5-14(13)19(23)26/h6-7,10,13-14H,2-5,8-9,11H2,1H3. The molecule has 1 heterocycles. The summed E-state index contributed by atoms with van der Waals surface area (Å²) in [7, 11) is 1.55. The number of carbonyl (C=O) groups is 3. The van der Waals surface area contributed by atoms with Crippen LogP contribution in [0.25, 0.3) is 0 Å². The lowest BCUT2D eigenvalue weighted by molar-refractivity contribution is -0.140. The average Bonchev–Trinajstić information content (AvgIpc) is 2.87. The molecule has 0 spiro atoms. The molecule has 1 saturated carbocycles. The SMILES string of the molecule is CN(Cc1ccc(F)c(F)c1)C(=O)CCN1C(=O)C2CCCCC2C1=O. The lowest BCUT2D eigenvalue weighted by Gasteiger charge is -2.20. The normalized spacial score (nSPS) is 22.5. The smallest absolute Gasteiger partial charge is 0.233 e. The Bertz CT molecular complexity index is 713. The number of fused-ring (bicyclic) bond motifs is 1. The van der Waals surface area contributed by atoms with Crippen molar-refractivity contribution in [3.8, 4) is 0 Å². The fourth-order valence-electron chi connectivity index (χ4n) is 3.85. The van der Waals surface area contributed by atoms with Crippen molar-refractivity contribution in [3.63, 3.8) is 0 Å². The molecule has 7 heteroatoms. The first-order valence-corrected chi connectivity index (χ1v) is 8.91. The number of amides is 3. The molecule has 0 bridgehead atoms. The Hall–Kier alpha value is -2.31. The molecule has 5 nitrogen and oxygen atoms in total. The predicted octanol–water partition coefficient (Wildman–Crippen LogP) is 2.49. The fourth-order valence-corrected chi connectivity index (χ4v) is 3.85. The molecule has 1 saturated heterocycles. The summed E-state index contributed by atoms with van der Waals surface area (Å²) in [6.07, 6.45) is 3.44. The maximum atomic E-state index is 13.3. The lowest BCUT2D eigenvalue weighted by Crippen LogP contribution is -2.36. The third-order valence-electron chi connectivity index (χ3n) is 5.31.